The molecule has 0 saturated heterocycles. The molecule has 1 aromatic carbocycles. The molecule has 0 aromatic heterocycles. The van der Waals surface area contributed by atoms with Gasteiger partial charge in [0.2, 0.25) is 0 Å². The van der Waals surface area contributed by atoms with Gasteiger partial charge in [0.15, 0.2) is 0 Å². The molecule has 0 saturated carbocycles. The van der Waals surface area contributed by atoms with Gasteiger partial charge >= 0.3 is 0 Å². The van der Waals surface area contributed by atoms with E-state index in [0.29, 0.717) is 6.54 Å². The number of amides is 1. The first-order chi connectivity index (χ1) is 9.72. The molecular formula is C17H20N2O. The number of hydrogen-bond acceptors (Lipinski definition) is 2. The minimum atomic E-state index is 0.0519. The molecule has 1 aliphatic rings. The number of carbonyl (C=O) groups excluding carboxylic acids is 1. The second-order valence-electron chi connectivity index (χ2n) is 5.02. The molecule has 1 N–H and O–H groups in total. The first kappa shape index (κ1) is 14.2. The fourth-order valence-corrected chi connectivity index (χ4v) is 2.42. The Balaban J connectivity index is 2.03. The molecular weight excluding hydrogens is 248 g/mol. The van der Waals surface area contributed by atoms with E-state index in [0.717, 1.165) is 37.1 Å². The number of terminal acetylenes is 1. The van der Waals surface area contributed by atoms with Gasteiger partial charge in [-0.1, -0.05) is 36.3 Å². The Morgan fingerprint density at radius 1 is 1.35 bits per heavy atom. The molecule has 1 aromatic rings. The smallest absolute Gasteiger partial charge is 0.252 e. The maximum absolute atomic E-state index is 12.3. The van der Waals surface area contributed by atoms with E-state index in [4.69, 9.17) is 6.42 Å². The van der Waals surface area contributed by atoms with E-state index in [1.54, 1.807) is 11.9 Å². The zero-order chi connectivity index (χ0) is 14.4. The minimum absolute atomic E-state index is 0.0519. The first-order valence-electron chi connectivity index (χ1n) is 6.91. The molecule has 0 fully saturated rings. The van der Waals surface area contributed by atoms with Crippen molar-refractivity contribution >= 4 is 5.91 Å². The van der Waals surface area contributed by atoms with Crippen molar-refractivity contribution < 1.29 is 4.79 Å². The molecule has 3 heteroatoms. The van der Waals surface area contributed by atoms with Crippen LogP contribution in [0, 0.1) is 12.3 Å². The SMILES string of the molecule is C#CCN(C)C(=O)C1=C(NCc2ccccc2)CCC1. The summed E-state index contributed by atoms with van der Waals surface area (Å²) in [6, 6.07) is 10.2. The summed E-state index contributed by atoms with van der Waals surface area (Å²) in [5.74, 6) is 2.56. The molecule has 20 heavy (non-hydrogen) atoms. The van der Waals surface area contributed by atoms with Crippen LogP contribution in [0.4, 0.5) is 0 Å². The quantitative estimate of drug-likeness (QED) is 0.831. The fourth-order valence-electron chi connectivity index (χ4n) is 2.42. The maximum atomic E-state index is 12.3. The van der Waals surface area contributed by atoms with Gasteiger partial charge in [0.05, 0.1) is 6.54 Å². The molecule has 0 spiro atoms. The van der Waals surface area contributed by atoms with E-state index in [-0.39, 0.29) is 5.91 Å². The van der Waals surface area contributed by atoms with Gasteiger partial charge in [-0.3, -0.25) is 4.79 Å². The van der Waals surface area contributed by atoms with Gasteiger partial charge in [-0.25, -0.2) is 0 Å². The Kier molecular flexibility index (Phi) is 4.84. The summed E-state index contributed by atoms with van der Waals surface area (Å²) in [5.41, 5.74) is 3.18. The van der Waals surface area contributed by atoms with E-state index in [9.17, 15) is 4.79 Å². The standard InChI is InChI=1S/C17H20N2O/c1-3-12-19(2)17(20)15-10-7-11-16(15)18-13-14-8-5-4-6-9-14/h1,4-6,8-9,18H,7,10-13H2,2H3. The van der Waals surface area contributed by atoms with Gasteiger partial charge in [-0.2, -0.15) is 0 Å². The Bertz CT molecular complexity index is 540. The number of allylic oxidation sites excluding steroid dienone is 1. The number of nitrogens with one attached hydrogen (secondary N) is 1. The number of nitrogens with zero attached hydrogens (tertiary/aromatic N) is 1. The Labute approximate surface area is 120 Å². The summed E-state index contributed by atoms with van der Waals surface area (Å²) in [6.07, 6.45) is 8.07. The largest absolute Gasteiger partial charge is 0.384 e. The normalized spacial score (nSPS) is 14.0. The van der Waals surface area contributed by atoms with Gasteiger partial charge in [0.1, 0.15) is 0 Å². The van der Waals surface area contributed by atoms with Gasteiger partial charge in [0.25, 0.3) is 5.91 Å². The van der Waals surface area contributed by atoms with Crippen molar-refractivity contribution in [1.82, 2.24) is 10.2 Å². The van der Waals surface area contributed by atoms with Crippen LogP contribution < -0.4 is 5.32 Å². The Morgan fingerprint density at radius 3 is 2.80 bits per heavy atom. The molecule has 0 radical (unpaired) electrons. The third-order valence-electron chi connectivity index (χ3n) is 3.50. The fraction of sp³-hybridized carbons (Fsp3) is 0.353. The van der Waals surface area contributed by atoms with Gasteiger partial charge in [-0.05, 0) is 24.8 Å². The van der Waals surface area contributed by atoms with Crippen LogP contribution in [0.5, 0.6) is 0 Å². The third-order valence-corrected chi connectivity index (χ3v) is 3.50. The molecule has 3 nitrogen and oxygen atoms in total. The van der Waals surface area contributed by atoms with Crippen LogP contribution in [0.2, 0.25) is 0 Å². The van der Waals surface area contributed by atoms with Crippen molar-refractivity contribution in [2.45, 2.75) is 25.8 Å². The predicted molar refractivity (Wildman–Crippen MR) is 80.6 cm³/mol. The molecule has 1 aliphatic carbocycles. The van der Waals surface area contributed by atoms with Crippen molar-refractivity contribution in [2.75, 3.05) is 13.6 Å². The summed E-state index contributed by atoms with van der Waals surface area (Å²) in [4.78, 5) is 13.9. The topological polar surface area (TPSA) is 32.3 Å². The lowest BCUT2D eigenvalue weighted by Gasteiger charge is -2.16. The zero-order valence-corrected chi connectivity index (χ0v) is 11.9. The number of rotatable bonds is 5. The van der Waals surface area contributed by atoms with Gasteiger partial charge in [-0.15, -0.1) is 6.42 Å². The van der Waals surface area contributed by atoms with Crippen molar-refractivity contribution in [3.05, 3.63) is 47.2 Å². The first-order valence-corrected chi connectivity index (χ1v) is 6.91. The lowest BCUT2D eigenvalue weighted by atomic mass is 10.2. The zero-order valence-electron chi connectivity index (χ0n) is 11.9. The molecule has 0 atom stereocenters. The highest BCUT2D eigenvalue weighted by molar-refractivity contribution is 5.94. The van der Waals surface area contributed by atoms with Crippen LogP contribution in [0.1, 0.15) is 24.8 Å². The van der Waals surface area contributed by atoms with Crippen LogP contribution in [0.3, 0.4) is 0 Å². The van der Waals surface area contributed by atoms with Crippen LogP contribution in [-0.2, 0) is 11.3 Å². The van der Waals surface area contributed by atoms with E-state index in [2.05, 4.69) is 23.4 Å². The van der Waals surface area contributed by atoms with E-state index in [1.807, 2.05) is 18.2 Å². The molecule has 2 rings (SSSR count). The van der Waals surface area contributed by atoms with Gasteiger partial charge in [0, 0.05) is 24.9 Å². The summed E-state index contributed by atoms with van der Waals surface area (Å²) < 4.78 is 0. The Hall–Kier alpha value is -2.21. The second kappa shape index (κ2) is 6.81. The number of carbonyl (C=O) groups is 1. The highest BCUT2D eigenvalue weighted by Crippen LogP contribution is 2.25. The molecule has 1 amide bonds. The van der Waals surface area contributed by atoms with E-state index in [1.165, 1.54) is 5.56 Å². The van der Waals surface area contributed by atoms with Crippen LogP contribution in [0.15, 0.2) is 41.6 Å². The average Bonchev–Trinajstić information content (AvgIpc) is 2.94. The molecule has 0 heterocycles. The van der Waals surface area contributed by atoms with Crippen LogP contribution in [0.25, 0.3) is 0 Å². The number of benzene rings is 1. The summed E-state index contributed by atoms with van der Waals surface area (Å²) in [7, 11) is 1.75. The lowest BCUT2D eigenvalue weighted by molar-refractivity contribution is -0.125. The maximum Gasteiger partial charge on any atom is 0.252 e. The highest BCUT2D eigenvalue weighted by Gasteiger charge is 2.22. The average molecular weight is 268 g/mol. The summed E-state index contributed by atoms with van der Waals surface area (Å²) in [5, 5.41) is 3.41. The monoisotopic (exact) mass is 268 g/mol. The van der Waals surface area contributed by atoms with E-state index >= 15 is 0 Å². The summed E-state index contributed by atoms with van der Waals surface area (Å²) >= 11 is 0. The Morgan fingerprint density at radius 2 is 2.10 bits per heavy atom. The lowest BCUT2D eigenvalue weighted by Crippen LogP contribution is -2.29. The minimum Gasteiger partial charge on any atom is -0.384 e. The van der Waals surface area contributed by atoms with Crippen molar-refractivity contribution in [2.24, 2.45) is 0 Å². The molecule has 104 valence electrons. The highest BCUT2D eigenvalue weighted by atomic mass is 16.2. The third kappa shape index (κ3) is 3.42. The van der Waals surface area contributed by atoms with Crippen molar-refractivity contribution in [1.29, 1.82) is 0 Å². The molecule has 0 aliphatic heterocycles. The van der Waals surface area contributed by atoms with Gasteiger partial charge < -0.3 is 10.2 Å². The summed E-state index contributed by atoms with van der Waals surface area (Å²) in [6.45, 7) is 1.11. The van der Waals surface area contributed by atoms with Crippen molar-refractivity contribution in [3.8, 4) is 12.3 Å². The van der Waals surface area contributed by atoms with E-state index < -0.39 is 0 Å². The van der Waals surface area contributed by atoms with Crippen molar-refractivity contribution in [3.63, 3.8) is 0 Å². The predicted octanol–water partition coefficient (Wildman–Crippen LogP) is 2.31. The molecule has 0 bridgehead atoms. The second-order valence-corrected chi connectivity index (χ2v) is 5.02. The molecule has 0 unspecified atom stereocenters. The van der Waals surface area contributed by atoms with Crippen LogP contribution in [-0.4, -0.2) is 24.4 Å². The number of likely N-dealkylation sites (N-methyl/N-ethyl adjacent to an activating group) is 1. The van der Waals surface area contributed by atoms with Crippen LogP contribution >= 0.6 is 0 Å². The number of hydrogen-bond donors (Lipinski definition) is 1.